The molecule has 0 saturated heterocycles. The number of hydrogen-bond acceptors (Lipinski definition) is 3. The lowest BCUT2D eigenvalue weighted by Gasteiger charge is -2.24. The number of rotatable bonds is 4. The van der Waals surface area contributed by atoms with E-state index in [4.69, 9.17) is 5.11 Å². The number of carboxylic acid groups (broad SMARTS) is 1. The SMILES string of the molecule is O=C(O)C(CS(=O)(=O)C1CCCCC1)C(F)(F)F. The molecule has 8 heteroatoms. The summed E-state index contributed by atoms with van der Waals surface area (Å²) in [5.74, 6) is -6.32. The van der Waals surface area contributed by atoms with Crippen LogP contribution in [0.5, 0.6) is 0 Å². The maximum atomic E-state index is 12.4. The van der Waals surface area contributed by atoms with Crippen molar-refractivity contribution in [3.8, 4) is 0 Å². The molecular formula is C10H15F3O4S. The third-order valence-corrected chi connectivity index (χ3v) is 5.44. The molecule has 1 N–H and O–H groups in total. The quantitative estimate of drug-likeness (QED) is 0.858. The number of carboxylic acids is 1. The zero-order valence-electron chi connectivity index (χ0n) is 9.61. The maximum absolute atomic E-state index is 12.4. The van der Waals surface area contributed by atoms with Crippen LogP contribution in [-0.4, -0.2) is 36.7 Å². The van der Waals surface area contributed by atoms with Crippen molar-refractivity contribution in [1.82, 2.24) is 0 Å². The third-order valence-electron chi connectivity index (χ3n) is 3.15. The molecule has 0 spiro atoms. The van der Waals surface area contributed by atoms with Crippen LogP contribution < -0.4 is 0 Å². The maximum Gasteiger partial charge on any atom is 0.403 e. The first kappa shape index (κ1) is 15.3. The number of alkyl halides is 3. The average molecular weight is 288 g/mol. The van der Waals surface area contributed by atoms with Crippen molar-refractivity contribution in [3.63, 3.8) is 0 Å². The molecule has 0 aromatic rings. The smallest absolute Gasteiger partial charge is 0.403 e. The molecule has 1 saturated carbocycles. The molecule has 0 aliphatic heterocycles. The summed E-state index contributed by atoms with van der Waals surface area (Å²) in [5.41, 5.74) is 0. The molecule has 1 aliphatic rings. The highest BCUT2D eigenvalue weighted by molar-refractivity contribution is 7.92. The lowest BCUT2D eigenvalue weighted by atomic mass is 10.0. The Bertz CT molecular complexity index is 396. The van der Waals surface area contributed by atoms with Crippen molar-refractivity contribution >= 4 is 15.8 Å². The van der Waals surface area contributed by atoms with E-state index in [1.165, 1.54) is 0 Å². The van der Waals surface area contributed by atoms with E-state index in [9.17, 15) is 26.4 Å². The summed E-state index contributed by atoms with van der Waals surface area (Å²) in [6.45, 7) is 0. The lowest BCUT2D eigenvalue weighted by molar-refractivity contribution is -0.189. The Morgan fingerprint density at radius 3 is 2.11 bits per heavy atom. The first-order chi connectivity index (χ1) is 8.14. The molecule has 1 fully saturated rings. The minimum absolute atomic E-state index is 0.326. The van der Waals surface area contributed by atoms with Gasteiger partial charge in [-0.05, 0) is 12.8 Å². The van der Waals surface area contributed by atoms with Crippen molar-refractivity contribution in [3.05, 3.63) is 0 Å². The molecule has 0 aromatic carbocycles. The summed E-state index contributed by atoms with van der Waals surface area (Å²) in [4.78, 5) is 10.5. The summed E-state index contributed by atoms with van der Waals surface area (Å²) in [6.07, 6.45) is -2.19. The van der Waals surface area contributed by atoms with Crippen molar-refractivity contribution in [2.45, 2.75) is 43.5 Å². The van der Waals surface area contributed by atoms with Gasteiger partial charge in [-0.15, -0.1) is 0 Å². The van der Waals surface area contributed by atoms with Crippen molar-refractivity contribution in [2.75, 3.05) is 5.75 Å². The van der Waals surface area contributed by atoms with E-state index in [1.54, 1.807) is 0 Å². The molecule has 0 bridgehead atoms. The molecule has 1 aliphatic carbocycles. The summed E-state index contributed by atoms with van der Waals surface area (Å²) < 4.78 is 60.8. The number of aliphatic carboxylic acids is 1. The van der Waals surface area contributed by atoms with Crippen LogP contribution in [0.3, 0.4) is 0 Å². The van der Waals surface area contributed by atoms with Gasteiger partial charge in [0.15, 0.2) is 15.8 Å². The van der Waals surface area contributed by atoms with E-state index in [1.807, 2.05) is 0 Å². The first-order valence-corrected chi connectivity index (χ1v) is 7.37. The van der Waals surface area contributed by atoms with Gasteiger partial charge in [0.05, 0.1) is 11.0 Å². The Hall–Kier alpha value is -0.790. The topological polar surface area (TPSA) is 71.4 Å². The largest absolute Gasteiger partial charge is 0.481 e. The second kappa shape index (κ2) is 5.46. The van der Waals surface area contributed by atoms with Gasteiger partial charge in [0.1, 0.15) is 0 Å². The van der Waals surface area contributed by atoms with Crippen LogP contribution in [-0.2, 0) is 14.6 Å². The highest BCUT2D eigenvalue weighted by Crippen LogP contribution is 2.31. The molecule has 1 atom stereocenters. The molecular weight excluding hydrogens is 273 g/mol. The second-order valence-corrected chi connectivity index (χ2v) is 6.85. The molecule has 1 unspecified atom stereocenters. The highest BCUT2D eigenvalue weighted by Gasteiger charge is 2.48. The normalized spacial score (nSPS) is 20.6. The number of sulfone groups is 1. The Kier molecular flexibility index (Phi) is 4.63. The number of hydrogen-bond donors (Lipinski definition) is 1. The van der Waals surface area contributed by atoms with Crippen LogP contribution >= 0.6 is 0 Å². The predicted molar refractivity (Wildman–Crippen MR) is 57.8 cm³/mol. The fourth-order valence-electron chi connectivity index (χ4n) is 2.10. The molecule has 106 valence electrons. The Balaban J connectivity index is 2.82. The molecule has 0 heterocycles. The Morgan fingerprint density at radius 2 is 1.72 bits per heavy atom. The number of carbonyl (C=O) groups is 1. The van der Waals surface area contributed by atoms with Gasteiger partial charge in [-0.25, -0.2) is 8.42 Å². The van der Waals surface area contributed by atoms with Crippen LogP contribution in [0.1, 0.15) is 32.1 Å². The van der Waals surface area contributed by atoms with Crippen LogP contribution in [0, 0.1) is 5.92 Å². The fourth-order valence-corrected chi connectivity index (χ4v) is 4.22. The van der Waals surface area contributed by atoms with E-state index in [-0.39, 0.29) is 0 Å². The van der Waals surface area contributed by atoms with E-state index in [0.717, 1.165) is 6.42 Å². The van der Waals surface area contributed by atoms with Gasteiger partial charge in [-0.3, -0.25) is 4.79 Å². The lowest BCUT2D eigenvalue weighted by Crippen LogP contribution is -2.39. The standard InChI is InChI=1S/C10H15F3O4S/c11-10(12,13)8(9(14)15)6-18(16,17)7-4-2-1-3-5-7/h7-8H,1-6H2,(H,14,15). The third kappa shape index (κ3) is 3.86. The first-order valence-electron chi connectivity index (χ1n) is 5.65. The Labute approximate surface area is 103 Å². The molecule has 4 nitrogen and oxygen atoms in total. The zero-order valence-corrected chi connectivity index (χ0v) is 10.4. The Morgan fingerprint density at radius 1 is 1.22 bits per heavy atom. The molecule has 0 radical (unpaired) electrons. The van der Waals surface area contributed by atoms with Crippen molar-refractivity contribution < 1.29 is 31.5 Å². The van der Waals surface area contributed by atoms with Gasteiger partial charge in [0.2, 0.25) is 0 Å². The van der Waals surface area contributed by atoms with E-state index >= 15 is 0 Å². The zero-order chi connectivity index (χ0) is 14.0. The van der Waals surface area contributed by atoms with Crippen molar-refractivity contribution in [1.29, 1.82) is 0 Å². The molecule has 18 heavy (non-hydrogen) atoms. The second-order valence-electron chi connectivity index (χ2n) is 4.52. The highest BCUT2D eigenvalue weighted by atomic mass is 32.2. The van der Waals surface area contributed by atoms with Gasteiger partial charge in [-0.1, -0.05) is 19.3 Å². The molecule has 0 amide bonds. The van der Waals surface area contributed by atoms with Crippen molar-refractivity contribution in [2.24, 2.45) is 5.92 Å². The summed E-state index contributed by atoms with van der Waals surface area (Å²) in [6, 6.07) is 0. The fraction of sp³-hybridized carbons (Fsp3) is 0.900. The van der Waals surface area contributed by atoms with Crippen LogP contribution in [0.25, 0.3) is 0 Å². The predicted octanol–water partition coefficient (Wildman–Crippen LogP) is 2.00. The van der Waals surface area contributed by atoms with Gasteiger partial charge in [-0.2, -0.15) is 13.2 Å². The van der Waals surface area contributed by atoms with Gasteiger partial charge in [0.25, 0.3) is 0 Å². The van der Waals surface area contributed by atoms with Gasteiger partial charge >= 0.3 is 12.1 Å². The summed E-state index contributed by atoms with van der Waals surface area (Å²) in [7, 11) is -4.01. The summed E-state index contributed by atoms with van der Waals surface area (Å²) >= 11 is 0. The van der Waals surface area contributed by atoms with Gasteiger partial charge in [0, 0.05) is 0 Å². The van der Waals surface area contributed by atoms with E-state index < -0.39 is 38.9 Å². The average Bonchev–Trinajstić information content (AvgIpc) is 2.25. The minimum Gasteiger partial charge on any atom is -0.481 e. The van der Waals surface area contributed by atoms with Crippen LogP contribution in [0.15, 0.2) is 0 Å². The van der Waals surface area contributed by atoms with Crippen LogP contribution in [0.2, 0.25) is 0 Å². The van der Waals surface area contributed by atoms with E-state index in [2.05, 4.69) is 0 Å². The van der Waals surface area contributed by atoms with E-state index in [0.29, 0.717) is 25.7 Å². The summed E-state index contributed by atoms with van der Waals surface area (Å²) in [5, 5.41) is 7.66. The monoisotopic (exact) mass is 288 g/mol. The van der Waals surface area contributed by atoms with Gasteiger partial charge < -0.3 is 5.11 Å². The molecule has 1 rings (SSSR count). The van der Waals surface area contributed by atoms with Crippen LogP contribution in [0.4, 0.5) is 13.2 Å². The minimum atomic E-state index is -5.03. The molecule has 0 aromatic heterocycles. The number of halogens is 3.